The number of carbonyl (C=O) groups excluding carboxylic acids is 1. The van der Waals surface area contributed by atoms with E-state index in [4.69, 9.17) is 0 Å². The third kappa shape index (κ3) is 1.67. The van der Waals surface area contributed by atoms with Gasteiger partial charge in [0.15, 0.2) is 0 Å². The second-order valence-corrected chi connectivity index (χ2v) is 4.50. The minimum Gasteiger partial charge on any atom is -0.345 e. The van der Waals surface area contributed by atoms with Gasteiger partial charge in [-0.15, -0.1) is 0 Å². The van der Waals surface area contributed by atoms with Crippen LogP contribution >= 0.6 is 0 Å². The van der Waals surface area contributed by atoms with E-state index in [1.807, 2.05) is 0 Å². The Kier molecular flexibility index (Phi) is 2.32. The highest BCUT2D eigenvalue weighted by molar-refractivity contribution is 5.90. The number of piperidine rings is 1. The van der Waals surface area contributed by atoms with Gasteiger partial charge in [-0.05, 0) is 31.4 Å². The summed E-state index contributed by atoms with van der Waals surface area (Å²) in [7, 11) is 0. The average molecular weight is 218 g/mol. The van der Waals surface area contributed by atoms with E-state index in [2.05, 4.69) is 20.6 Å². The van der Waals surface area contributed by atoms with Gasteiger partial charge in [0, 0.05) is 24.5 Å². The molecule has 2 N–H and O–H groups in total. The molecule has 5 nitrogen and oxygen atoms in total. The highest BCUT2D eigenvalue weighted by Crippen LogP contribution is 2.31. The first-order valence-corrected chi connectivity index (χ1v) is 5.64. The second-order valence-electron chi connectivity index (χ2n) is 4.50. The lowest BCUT2D eigenvalue weighted by Gasteiger charge is -2.23. The monoisotopic (exact) mass is 218 g/mol. The molecule has 3 atom stereocenters. The van der Waals surface area contributed by atoms with Crippen LogP contribution in [0.1, 0.15) is 23.5 Å². The quantitative estimate of drug-likeness (QED) is 0.730. The lowest BCUT2D eigenvalue weighted by Crippen LogP contribution is -2.48. The van der Waals surface area contributed by atoms with Crippen molar-refractivity contribution in [1.29, 1.82) is 0 Å². The lowest BCUT2D eigenvalue weighted by molar-refractivity contribution is 0.0918. The third-order valence-electron chi connectivity index (χ3n) is 3.41. The summed E-state index contributed by atoms with van der Waals surface area (Å²) in [6.45, 7) is 1.10. The SMILES string of the molecule is O=C(NC1CC2CNC1C2)c1ncccn1. The number of nitrogens with zero attached hydrogens (tertiary/aromatic N) is 2. The van der Waals surface area contributed by atoms with Crippen LogP contribution in [0.2, 0.25) is 0 Å². The molecule has 1 saturated carbocycles. The molecule has 1 aliphatic heterocycles. The van der Waals surface area contributed by atoms with Crippen LogP contribution in [0.5, 0.6) is 0 Å². The molecule has 2 bridgehead atoms. The molecule has 2 heterocycles. The number of fused-ring (bicyclic) bond motifs is 2. The summed E-state index contributed by atoms with van der Waals surface area (Å²) in [4.78, 5) is 19.7. The van der Waals surface area contributed by atoms with Gasteiger partial charge in [-0.2, -0.15) is 0 Å². The number of nitrogens with one attached hydrogen (secondary N) is 2. The molecule has 3 unspecified atom stereocenters. The minimum atomic E-state index is -0.167. The van der Waals surface area contributed by atoms with Crippen LogP contribution in [-0.2, 0) is 0 Å². The Morgan fingerprint density at radius 3 is 2.81 bits per heavy atom. The van der Waals surface area contributed by atoms with Crippen molar-refractivity contribution >= 4 is 5.91 Å². The number of aromatic nitrogens is 2. The molecule has 0 aromatic carbocycles. The van der Waals surface area contributed by atoms with Crippen LogP contribution in [0.3, 0.4) is 0 Å². The molecule has 84 valence electrons. The molecule has 0 spiro atoms. The largest absolute Gasteiger partial charge is 0.345 e. The van der Waals surface area contributed by atoms with Crippen molar-refractivity contribution in [2.24, 2.45) is 5.92 Å². The molecule has 2 aliphatic rings. The summed E-state index contributed by atoms with van der Waals surface area (Å²) >= 11 is 0. The van der Waals surface area contributed by atoms with Crippen molar-refractivity contribution in [1.82, 2.24) is 20.6 Å². The van der Waals surface area contributed by atoms with Gasteiger partial charge < -0.3 is 10.6 Å². The molecule has 0 radical (unpaired) electrons. The third-order valence-corrected chi connectivity index (χ3v) is 3.41. The summed E-state index contributed by atoms with van der Waals surface area (Å²) in [6, 6.07) is 2.39. The Hall–Kier alpha value is -1.49. The molecule has 1 amide bonds. The highest BCUT2D eigenvalue weighted by Gasteiger charge is 2.40. The van der Waals surface area contributed by atoms with Crippen molar-refractivity contribution in [3.8, 4) is 0 Å². The van der Waals surface area contributed by atoms with Crippen LogP contribution in [0.15, 0.2) is 18.5 Å². The Morgan fingerprint density at radius 1 is 1.38 bits per heavy atom. The Balaban J connectivity index is 1.65. The molecule has 1 aromatic rings. The fourth-order valence-corrected chi connectivity index (χ4v) is 2.66. The molecule has 1 aliphatic carbocycles. The topological polar surface area (TPSA) is 66.9 Å². The van der Waals surface area contributed by atoms with Crippen molar-refractivity contribution in [2.75, 3.05) is 6.54 Å². The Bertz CT molecular complexity index is 394. The summed E-state index contributed by atoms with van der Waals surface area (Å²) in [6.07, 6.45) is 5.43. The number of hydrogen-bond acceptors (Lipinski definition) is 4. The number of carbonyl (C=O) groups is 1. The van der Waals surface area contributed by atoms with E-state index in [1.54, 1.807) is 18.5 Å². The maximum Gasteiger partial charge on any atom is 0.289 e. The summed E-state index contributed by atoms with van der Waals surface area (Å²) in [5, 5.41) is 6.41. The van der Waals surface area contributed by atoms with E-state index in [-0.39, 0.29) is 17.8 Å². The fraction of sp³-hybridized carbons (Fsp3) is 0.545. The van der Waals surface area contributed by atoms with Crippen molar-refractivity contribution in [3.05, 3.63) is 24.3 Å². The maximum absolute atomic E-state index is 11.8. The second kappa shape index (κ2) is 3.83. The predicted octanol–water partition coefficient (Wildman–Crippen LogP) is -0.0432. The smallest absolute Gasteiger partial charge is 0.289 e. The van der Waals surface area contributed by atoms with Crippen LogP contribution in [0, 0.1) is 5.92 Å². The van der Waals surface area contributed by atoms with E-state index in [1.165, 1.54) is 6.42 Å². The molecule has 16 heavy (non-hydrogen) atoms. The van der Waals surface area contributed by atoms with Crippen LogP contribution < -0.4 is 10.6 Å². The summed E-state index contributed by atoms with van der Waals surface area (Å²) < 4.78 is 0. The predicted molar refractivity (Wildman–Crippen MR) is 57.8 cm³/mol. The van der Waals surface area contributed by atoms with Gasteiger partial charge in [0.2, 0.25) is 5.82 Å². The summed E-state index contributed by atoms with van der Waals surface area (Å²) in [5.41, 5.74) is 0. The van der Waals surface area contributed by atoms with Gasteiger partial charge in [-0.1, -0.05) is 0 Å². The van der Waals surface area contributed by atoms with Crippen LogP contribution in [0.25, 0.3) is 0 Å². The van der Waals surface area contributed by atoms with Gasteiger partial charge in [-0.3, -0.25) is 4.79 Å². The molecule has 1 saturated heterocycles. The van der Waals surface area contributed by atoms with Gasteiger partial charge in [0.05, 0.1) is 0 Å². The molecular weight excluding hydrogens is 204 g/mol. The van der Waals surface area contributed by atoms with E-state index in [0.29, 0.717) is 6.04 Å². The zero-order chi connectivity index (χ0) is 11.0. The first-order valence-electron chi connectivity index (χ1n) is 5.64. The Morgan fingerprint density at radius 2 is 2.19 bits per heavy atom. The zero-order valence-corrected chi connectivity index (χ0v) is 8.89. The first-order chi connectivity index (χ1) is 7.83. The van der Waals surface area contributed by atoms with Gasteiger partial charge in [-0.25, -0.2) is 9.97 Å². The molecule has 3 rings (SSSR count). The number of rotatable bonds is 2. The van der Waals surface area contributed by atoms with Crippen LogP contribution in [-0.4, -0.2) is 34.5 Å². The number of hydrogen-bond donors (Lipinski definition) is 2. The standard InChI is InChI=1S/C11H14N4O/c16-11(10-12-2-1-3-13-10)15-9-5-7-4-8(9)14-6-7/h1-3,7-9,14H,4-6H2,(H,15,16). The highest BCUT2D eigenvalue weighted by atomic mass is 16.2. The van der Waals surface area contributed by atoms with E-state index in [9.17, 15) is 4.79 Å². The lowest BCUT2D eigenvalue weighted by atomic mass is 10.1. The summed E-state index contributed by atoms with van der Waals surface area (Å²) in [5.74, 6) is 0.817. The van der Waals surface area contributed by atoms with Crippen molar-refractivity contribution < 1.29 is 4.79 Å². The van der Waals surface area contributed by atoms with Crippen LogP contribution in [0.4, 0.5) is 0 Å². The molecule has 5 heteroatoms. The van der Waals surface area contributed by atoms with Crippen molar-refractivity contribution in [2.45, 2.75) is 24.9 Å². The normalized spacial score (nSPS) is 31.6. The molecule has 2 fully saturated rings. The average Bonchev–Trinajstić information content (AvgIpc) is 2.92. The van der Waals surface area contributed by atoms with Gasteiger partial charge >= 0.3 is 0 Å². The maximum atomic E-state index is 11.8. The van der Waals surface area contributed by atoms with E-state index >= 15 is 0 Å². The molecular formula is C11H14N4O. The first kappa shape index (κ1) is 9.72. The van der Waals surface area contributed by atoms with Crippen molar-refractivity contribution in [3.63, 3.8) is 0 Å². The van der Waals surface area contributed by atoms with Gasteiger partial charge in [0.25, 0.3) is 5.91 Å². The zero-order valence-electron chi connectivity index (χ0n) is 8.89. The fourth-order valence-electron chi connectivity index (χ4n) is 2.66. The van der Waals surface area contributed by atoms with E-state index in [0.717, 1.165) is 18.9 Å². The number of amides is 1. The molecule has 1 aromatic heterocycles. The van der Waals surface area contributed by atoms with Gasteiger partial charge in [0.1, 0.15) is 0 Å². The Labute approximate surface area is 93.7 Å². The minimum absolute atomic E-state index is 0.167. The van der Waals surface area contributed by atoms with E-state index < -0.39 is 0 Å².